The summed E-state index contributed by atoms with van der Waals surface area (Å²) in [6.45, 7) is 3.32. The van der Waals surface area contributed by atoms with Crippen molar-refractivity contribution in [2.75, 3.05) is 6.61 Å². The van der Waals surface area contributed by atoms with Crippen molar-refractivity contribution in [2.24, 2.45) is 0 Å². The van der Waals surface area contributed by atoms with Gasteiger partial charge in [-0.1, -0.05) is 64.0 Å². The van der Waals surface area contributed by atoms with Crippen LogP contribution in [0.1, 0.15) is 89.4 Å². The lowest BCUT2D eigenvalue weighted by Crippen LogP contribution is -2.46. The van der Waals surface area contributed by atoms with Crippen molar-refractivity contribution >= 4 is 12.0 Å². The second kappa shape index (κ2) is 13.4. The quantitative estimate of drug-likeness (QED) is 0.334. The van der Waals surface area contributed by atoms with Crippen LogP contribution in [0.3, 0.4) is 0 Å². The smallest absolute Gasteiger partial charge is 0.219 e. The molecule has 152 valence electrons. The molecule has 0 spiro atoms. The van der Waals surface area contributed by atoms with Gasteiger partial charge in [0.2, 0.25) is 5.91 Å². The summed E-state index contributed by atoms with van der Waals surface area (Å²) in [7, 11) is 0. The predicted octanol–water partition coefficient (Wildman–Crippen LogP) is 4.29. The summed E-state index contributed by atoms with van der Waals surface area (Å²) in [5, 5.41) is 22.3. The molecule has 1 aromatic rings. The molecular weight excluding hydrogens is 340 g/mol. The highest BCUT2D eigenvalue weighted by Gasteiger charge is 2.31. The van der Waals surface area contributed by atoms with Crippen LogP contribution >= 0.6 is 0 Å². The van der Waals surface area contributed by atoms with Crippen molar-refractivity contribution in [1.29, 1.82) is 0 Å². The fraction of sp³-hybridized carbons (Fsp3) is 0.636. The number of nitrogens with one attached hydrogen (secondary N) is 1. The topological polar surface area (TPSA) is 82.5 Å². The lowest BCUT2D eigenvalue weighted by molar-refractivity contribution is -0.128. The molecule has 5 heteroatoms. The van der Waals surface area contributed by atoms with Gasteiger partial charge in [-0.25, -0.2) is 4.98 Å². The molecule has 1 heterocycles. The maximum atomic E-state index is 11.4. The normalized spacial score (nSPS) is 13.6. The van der Waals surface area contributed by atoms with Gasteiger partial charge in [0, 0.05) is 20.0 Å². The van der Waals surface area contributed by atoms with Gasteiger partial charge in [-0.15, -0.1) is 0 Å². The van der Waals surface area contributed by atoms with Crippen LogP contribution in [0.5, 0.6) is 0 Å². The van der Waals surface area contributed by atoms with Crippen LogP contribution in [-0.2, 0) is 10.5 Å². The molecule has 5 nitrogen and oxygen atoms in total. The van der Waals surface area contributed by atoms with E-state index in [0.717, 1.165) is 12.1 Å². The summed E-state index contributed by atoms with van der Waals surface area (Å²) < 4.78 is 0. The van der Waals surface area contributed by atoms with Crippen LogP contribution in [0, 0.1) is 0 Å². The van der Waals surface area contributed by atoms with Crippen molar-refractivity contribution < 1.29 is 15.0 Å². The molecule has 0 radical (unpaired) electrons. The van der Waals surface area contributed by atoms with E-state index in [1.807, 2.05) is 12.1 Å². The first kappa shape index (κ1) is 23.3. The number of hydrogen-bond acceptors (Lipinski definition) is 4. The van der Waals surface area contributed by atoms with Crippen molar-refractivity contribution in [3.8, 4) is 0 Å². The number of unbranched alkanes of at least 4 members (excludes halogenated alkanes) is 8. The SMILES string of the molecule is CCCCCCCCCC/C=C\c1cccc(C(O)(CCO)NC(C)=O)n1. The molecule has 0 aliphatic carbocycles. The Morgan fingerprint density at radius 1 is 1.15 bits per heavy atom. The highest BCUT2D eigenvalue weighted by atomic mass is 16.3. The number of allylic oxidation sites excluding steroid dienone is 1. The first-order valence-electron chi connectivity index (χ1n) is 10.3. The molecule has 0 aliphatic rings. The van der Waals surface area contributed by atoms with Crippen LogP contribution in [0.4, 0.5) is 0 Å². The van der Waals surface area contributed by atoms with Gasteiger partial charge in [0.1, 0.15) is 0 Å². The van der Waals surface area contributed by atoms with E-state index in [1.165, 1.54) is 58.3 Å². The molecule has 1 atom stereocenters. The van der Waals surface area contributed by atoms with Gasteiger partial charge in [-0.05, 0) is 31.1 Å². The number of rotatable bonds is 14. The summed E-state index contributed by atoms with van der Waals surface area (Å²) in [5.74, 6) is -0.372. The van der Waals surface area contributed by atoms with E-state index in [9.17, 15) is 15.0 Å². The number of pyridine rings is 1. The summed E-state index contributed by atoms with van der Waals surface area (Å²) in [6, 6.07) is 5.31. The van der Waals surface area contributed by atoms with Gasteiger partial charge in [0.05, 0.1) is 11.4 Å². The minimum atomic E-state index is -1.65. The molecule has 1 aromatic heterocycles. The molecule has 1 amide bonds. The third-order valence-corrected chi connectivity index (χ3v) is 4.56. The number of aliphatic hydroxyl groups is 2. The maximum absolute atomic E-state index is 11.4. The van der Waals surface area contributed by atoms with Crippen LogP contribution in [-0.4, -0.2) is 27.7 Å². The first-order valence-corrected chi connectivity index (χ1v) is 10.3. The van der Waals surface area contributed by atoms with E-state index in [2.05, 4.69) is 23.3 Å². The number of nitrogens with zero attached hydrogens (tertiary/aromatic N) is 1. The fourth-order valence-corrected chi connectivity index (χ4v) is 3.08. The minimum absolute atomic E-state index is 0.00892. The van der Waals surface area contributed by atoms with Crippen LogP contribution in [0.2, 0.25) is 0 Å². The third-order valence-electron chi connectivity index (χ3n) is 4.56. The lowest BCUT2D eigenvalue weighted by atomic mass is 10.0. The highest BCUT2D eigenvalue weighted by Crippen LogP contribution is 2.21. The highest BCUT2D eigenvalue weighted by molar-refractivity contribution is 5.73. The Bertz CT molecular complexity index is 574. The standard InChI is InChI=1S/C22H36N2O3/c1-3-4-5-6-7-8-9-10-11-12-14-20-15-13-16-21(23-20)22(27,17-18-25)24-19(2)26/h12-16,25,27H,3-11,17-18H2,1-2H3,(H,24,26)/b14-12-. The average molecular weight is 377 g/mol. The van der Waals surface area contributed by atoms with Crippen molar-refractivity contribution in [2.45, 2.75) is 83.8 Å². The molecule has 27 heavy (non-hydrogen) atoms. The Morgan fingerprint density at radius 3 is 2.44 bits per heavy atom. The summed E-state index contributed by atoms with van der Waals surface area (Å²) in [6.07, 6.45) is 15.5. The van der Waals surface area contributed by atoms with Gasteiger partial charge in [0.25, 0.3) is 0 Å². The van der Waals surface area contributed by atoms with Gasteiger partial charge in [0.15, 0.2) is 5.72 Å². The van der Waals surface area contributed by atoms with Crippen LogP contribution in [0.15, 0.2) is 24.3 Å². The van der Waals surface area contributed by atoms with Gasteiger partial charge < -0.3 is 15.5 Å². The van der Waals surface area contributed by atoms with E-state index in [1.54, 1.807) is 12.1 Å². The fourth-order valence-electron chi connectivity index (χ4n) is 3.08. The summed E-state index contributed by atoms with van der Waals surface area (Å²) >= 11 is 0. The number of hydrogen-bond donors (Lipinski definition) is 3. The van der Waals surface area contributed by atoms with E-state index >= 15 is 0 Å². The maximum Gasteiger partial charge on any atom is 0.219 e. The van der Waals surface area contributed by atoms with Crippen LogP contribution < -0.4 is 5.32 Å². The monoisotopic (exact) mass is 376 g/mol. The van der Waals surface area contributed by atoms with E-state index in [4.69, 9.17) is 0 Å². The molecule has 1 unspecified atom stereocenters. The van der Waals surface area contributed by atoms with Crippen molar-refractivity contribution in [3.05, 3.63) is 35.7 Å². The molecular formula is C22H36N2O3. The molecule has 3 N–H and O–H groups in total. The average Bonchev–Trinajstić information content (AvgIpc) is 2.63. The number of carbonyl (C=O) groups excluding carboxylic acids is 1. The summed E-state index contributed by atoms with van der Waals surface area (Å²) in [4.78, 5) is 15.8. The second-order valence-corrected chi connectivity index (χ2v) is 7.13. The zero-order valence-corrected chi connectivity index (χ0v) is 16.9. The Morgan fingerprint density at radius 2 is 1.81 bits per heavy atom. The largest absolute Gasteiger partial charge is 0.396 e. The predicted molar refractivity (Wildman–Crippen MR) is 110 cm³/mol. The molecule has 1 rings (SSSR count). The zero-order valence-electron chi connectivity index (χ0n) is 16.9. The van der Waals surface area contributed by atoms with Crippen molar-refractivity contribution in [3.63, 3.8) is 0 Å². The van der Waals surface area contributed by atoms with Gasteiger partial charge in [-0.3, -0.25) is 4.79 Å². The Kier molecular flexibility index (Phi) is 11.6. The molecule has 0 bridgehead atoms. The minimum Gasteiger partial charge on any atom is -0.396 e. The molecule has 0 aromatic carbocycles. The molecule has 0 aliphatic heterocycles. The Hall–Kier alpha value is -1.72. The molecule has 0 saturated heterocycles. The van der Waals surface area contributed by atoms with Gasteiger partial charge >= 0.3 is 0 Å². The van der Waals surface area contributed by atoms with E-state index in [-0.39, 0.29) is 18.9 Å². The molecule has 0 saturated carbocycles. The third kappa shape index (κ3) is 9.68. The van der Waals surface area contributed by atoms with Crippen LogP contribution in [0.25, 0.3) is 6.08 Å². The van der Waals surface area contributed by atoms with Crippen molar-refractivity contribution in [1.82, 2.24) is 10.3 Å². The first-order chi connectivity index (χ1) is 13.0. The Labute approximate surface area is 163 Å². The number of aromatic nitrogens is 1. The number of carbonyl (C=O) groups is 1. The lowest BCUT2D eigenvalue weighted by Gasteiger charge is -2.27. The molecule has 0 fully saturated rings. The number of aliphatic hydroxyl groups excluding tert-OH is 1. The van der Waals surface area contributed by atoms with E-state index < -0.39 is 5.72 Å². The second-order valence-electron chi connectivity index (χ2n) is 7.13. The zero-order chi connectivity index (χ0) is 20.0. The Balaban J connectivity index is 2.46. The van der Waals surface area contributed by atoms with E-state index in [0.29, 0.717) is 5.69 Å². The summed E-state index contributed by atoms with van der Waals surface area (Å²) in [5.41, 5.74) is -0.586. The van der Waals surface area contributed by atoms with Gasteiger partial charge in [-0.2, -0.15) is 0 Å². The number of amides is 1.